The summed E-state index contributed by atoms with van der Waals surface area (Å²) in [5.41, 5.74) is 2.09. The monoisotopic (exact) mass is 232 g/mol. The third-order valence-electron chi connectivity index (χ3n) is 2.60. The molecule has 2 rings (SSSR count). The summed E-state index contributed by atoms with van der Waals surface area (Å²) in [5, 5.41) is 4.35. The van der Waals surface area contributed by atoms with Crippen molar-refractivity contribution in [1.82, 2.24) is 9.78 Å². The summed E-state index contributed by atoms with van der Waals surface area (Å²) in [7, 11) is 3.30. The average molecular weight is 232 g/mol. The molecule has 1 heterocycles. The number of methoxy groups -OCH3 is 2. The van der Waals surface area contributed by atoms with Gasteiger partial charge in [0.1, 0.15) is 11.5 Å². The van der Waals surface area contributed by atoms with Crippen molar-refractivity contribution in [2.75, 3.05) is 14.2 Å². The molecule has 0 spiro atoms. The molecule has 0 radical (unpaired) electrons. The zero-order chi connectivity index (χ0) is 12.3. The molecule has 17 heavy (non-hydrogen) atoms. The fourth-order valence-corrected chi connectivity index (χ4v) is 1.71. The van der Waals surface area contributed by atoms with E-state index in [-0.39, 0.29) is 0 Å². The topological polar surface area (TPSA) is 36.3 Å². The Labute approximate surface area is 101 Å². The van der Waals surface area contributed by atoms with E-state index in [0.717, 1.165) is 22.8 Å². The zero-order valence-corrected chi connectivity index (χ0v) is 10.3. The Balaban J connectivity index is 2.26. The zero-order valence-electron chi connectivity index (χ0n) is 10.3. The highest BCUT2D eigenvalue weighted by Crippen LogP contribution is 2.25. The van der Waals surface area contributed by atoms with Gasteiger partial charge in [0.25, 0.3) is 0 Å². The van der Waals surface area contributed by atoms with Crippen molar-refractivity contribution in [3.8, 4) is 11.5 Å². The Bertz CT molecular complexity index is 506. The van der Waals surface area contributed by atoms with Crippen molar-refractivity contribution in [2.45, 2.75) is 13.5 Å². The molecule has 0 N–H and O–H groups in total. The van der Waals surface area contributed by atoms with E-state index < -0.39 is 0 Å². The first-order valence-electron chi connectivity index (χ1n) is 5.44. The van der Waals surface area contributed by atoms with Crippen LogP contribution in [0.1, 0.15) is 11.3 Å². The van der Waals surface area contributed by atoms with Crippen LogP contribution in [-0.4, -0.2) is 24.0 Å². The second-order valence-corrected chi connectivity index (χ2v) is 3.83. The molecule has 1 aromatic carbocycles. The van der Waals surface area contributed by atoms with Crippen LogP contribution < -0.4 is 9.47 Å². The molecule has 0 aliphatic heterocycles. The Hall–Kier alpha value is -1.97. The minimum Gasteiger partial charge on any atom is -0.497 e. The molecular formula is C13H16N2O2. The van der Waals surface area contributed by atoms with Crippen LogP contribution >= 0.6 is 0 Å². The van der Waals surface area contributed by atoms with E-state index in [4.69, 9.17) is 9.47 Å². The number of rotatable bonds is 4. The molecule has 0 amide bonds. The van der Waals surface area contributed by atoms with Gasteiger partial charge in [-0.05, 0) is 25.1 Å². The van der Waals surface area contributed by atoms with Crippen LogP contribution in [0, 0.1) is 6.92 Å². The van der Waals surface area contributed by atoms with Gasteiger partial charge in [-0.25, -0.2) is 0 Å². The van der Waals surface area contributed by atoms with Crippen LogP contribution in [0.2, 0.25) is 0 Å². The molecule has 0 saturated heterocycles. The third kappa shape index (κ3) is 2.58. The Morgan fingerprint density at radius 2 is 2.00 bits per heavy atom. The van der Waals surface area contributed by atoms with Crippen LogP contribution in [-0.2, 0) is 6.54 Å². The normalized spacial score (nSPS) is 10.3. The van der Waals surface area contributed by atoms with Crippen LogP contribution in [0.3, 0.4) is 0 Å². The molecule has 0 fully saturated rings. The van der Waals surface area contributed by atoms with Gasteiger partial charge >= 0.3 is 0 Å². The van der Waals surface area contributed by atoms with Gasteiger partial charge in [0.05, 0.1) is 26.5 Å². The van der Waals surface area contributed by atoms with Crippen molar-refractivity contribution in [3.63, 3.8) is 0 Å². The SMILES string of the molecule is COc1ccc(Cn2ccc(C)n2)c(OC)c1. The summed E-state index contributed by atoms with van der Waals surface area (Å²) in [6.07, 6.45) is 1.96. The van der Waals surface area contributed by atoms with E-state index >= 15 is 0 Å². The van der Waals surface area contributed by atoms with Gasteiger partial charge in [-0.3, -0.25) is 4.68 Å². The molecule has 0 saturated carbocycles. The minimum absolute atomic E-state index is 0.695. The summed E-state index contributed by atoms with van der Waals surface area (Å²) in [6, 6.07) is 7.78. The maximum absolute atomic E-state index is 5.35. The third-order valence-corrected chi connectivity index (χ3v) is 2.60. The lowest BCUT2D eigenvalue weighted by atomic mass is 10.2. The van der Waals surface area contributed by atoms with E-state index in [0.29, 0.717) is 6.54 Å². The number of aryl methyl sites for hydroxylation is 1. The first kappa shape index (κ1) is 11.5. The van der Waals surface area contributed by atoms with Crippen molar-refractivity contribution < 1.29 is 9.47 Å². The van der Waals surface area contributed by atoms with Crippen molar-refractivity contribution in [1.29, 1.82) is 0 Å². The summed E-state index contributed by atoms with van der Waals surface area (Å²) in [5.74, 6) is 1.61. The molecule has 0 aliphatic rings. The van der Waals surface area contributed by atoms with Gasteiger partial charge < -0.3 is 9.47 Å². The van der Waals surface area contributed by atoms with Gasteiger partial charge in [-0.15, -0.1) is 0 Å². The molecule has 4 heteroatoms. The number of nitrogens with zero attached hydrogens (tertiary/aromatic N) is 2. The van der Waals surface area contributed by atoms with E-state index in [2.05, 4.69) is 5.10 Å². The second-order valence-electron chi connectivity index (χ2n) is 3.83. The van der Waals surface area contributed by atoms with Gasteiger partial charge in [0, 0.05) is 17.8 Å². The quantitative estimate of drug-likeness (QED) is 0.811. The Kier molecular flexibility index (Phi) is 3.32. The summed E-state index contributed by atoms with van der Waals surface area (Å²) in [4.78, 5) is 0. The van der Waals surface area contributed by atoms with Crippen LogP contribution in [0.25, 0.3) is 0 Å². The van der Waals surface area contributed by atoms with Gasteiger partial charge in [-0.2, -0.15) is 5.10 Å². The largest absolute Gasteiger partial charge is 0.497 e. The lowest BCUT2D eigenvalue weighted by Crippen LogP contribution is -2.02. The van der Waals surface area contributed by atoms with E-state index in [1.54, 1.807) is 14.2 Å². The Morgan fingerprint density at radius 1 is 1.18 bits per heavy atom. The molecular weight excluding hydrogens is 216 g/mol. The fraction of sp³-hybridized carbons (Fsp3) is 0.308. The highest BCUT2D eigenvalue weighted by molar-refractivity contribution is 5.40. The second kappa shape index (κ2) is 4.91. The molecule has 2 aromatic rings. The first-order chi connectivity index (χ1) is 8.22. The van der Waals surface area contributed by atoms with Gasteiger partial charge in [-0.1, -0.05) is 0 Å². The molecule has 0 unspecified atom stereocenters. The maximum atomic E-state index is 5.35. The summed E-state index contributed by atoms with van der Waals surface area (Å²) >= 11 is 0. The van der Waals surface area contributed by atoms with E-state index in [1.807, 2.05) is 42.1 Å². The number of aromatic nitrogens is 2. The molecule has 0 bridgehead atoms. The minimum atomic E-state index is 0.695. The highest BCUT2D eigenvalue weighted by Gasteiger charge is 2.06. The average Bonchev–Trinajstić information content (AvgIpc) is 2.75. The van der Waals surface area contributed by atoms with Crippen molar-refractivity contribution >= 4 is 0 Å². The molecule has 90 valence electrons. The van der Waals surface area contributed by atoms with Crippen molar-refractivity contribution in [2.24, 2.45) is 0 Å². The maximum Gasteiger partial charge on any atom is 0.127 e. The van der Waals surface area contributed by atoms with Gasteiger partial charge in [0.15, 0.2) is 0 Å². The summed E-state index contributed by atoms with van der Waals surface area (Å²) in [6.45, 7) is 2.67. The lowest BCUT2D eigenvalue weighted by Gasteiger charge is -2.10. The van der Waals surface area contributed by atoms with Crippen LogP contribution in [0.15, 0.2) is 30.5 Å². The molecule has 1 aromatic heterocycles. The predicted octanol–water partition coefficient (Wildman–Crippen LogP) is 2.26. The van der Waals surface area contributed by atoms with E-state index in [1.165, 1.54) is 0 Å². The van der Waals surface area contributed by atoms with Gasteiger partial charge in [0.2, 0.25) is 0 Å². The fourth-order valence-electron chi connectivity index (χ4n) is 1.71. The number of benzene rings is 1. The molecule has 4 nitrogen and oxygen atoms in total. The first-order valence-corrected chi connectivity index (χ1v) is 5.44. The number of hydrogen-bond acceptors (Lipinski definition) is 3. The van der Waals surface area contributed by atoms with Crippen molar-refractivity contribution in [3.05, 3.63) is 41.7 Å². The standard InChI is InChI=1S/C13H16N2O2/c1-10-6-7-15(14-10)9-11-4-5-12(16-2)8-13(11)17-3/h4-8H,9H2,1-3H3. The molecule has 0 aliphatic carbocycles. The Morgan fingerprint density at radius 3 is 2.59 bits per heavy atom. The predicted molar refractivity (Wildman–Crippen MR) is 65.6 cm³/mol. The van der Waals surface area contributed by atoms with Crippen LogP contribution in [0.5, 0.6) is 11.5 Å². The smallest absolute Gasteiger partial charge is 0.127 e. The number of ether oxygens (including phenoxy) is 2. The highest BCUT2D eigenvalue weighted by atomic mass is 16.5. The summed E-state index contributed by atoms with van der Waals surface area (Å²) < 4.78 is 12.4. The van der Waals surface area contributed by atoms with E-state index in [9.17, 15) is 0 Å². The number of hydrogen-bond donors (Lipinski definition) is 0. The molecule has 0 atom stereocenters. The lowest BCUT2D eigenvalue weighted by molar-refractivity contribution is 0.389. The van der Waals surface area contributed by atoms with Crippen LogP contribution in [0.4, 0.5) is 0 Å².